The van der Waals surface area contributed by atoms with Gasteiger partial charge in [0.15, 0.2) is 0 Å². The molecule has 1 aromatic heterocycles. The number of hydrogen-bond acceptors (Lipinski definition) is 5. The summed E-state index contributed by atoms with van der Waals surface area (Å²) in [7, 11) is 0. The molecule has 4 nitrogen and oxygen atoms in total. The normalized spacial score (nSPS) is 12.8. The number of anilines is 1. The number of fused-ring (bicyclic) bond motifs is 1. The van der Waals surface area contributed by atoms with E-state index in [4.69, 9.17) is 14.5 Å². The van der Waals surface area contributed by atoms with Crippen molar-refractivity contribution in [3.8, 4) is 33.3 Å². The number of aromatic nitrogens is 1. The van der Waals surface area contributed by atoms with Crippen molar-refractivity contribution < 1.29 is 9.47 Å². The Morgan fingerprint density at radius 2 is 2.00 bits per heavy atom. The minimum absolute atomic E-state index is 0.714. The van der Waals surface area contributed by atoms with Crippen molar-refractivity contribution in [2.24, 2.45) is 0 Å². The standard InChI is InChI=1S/C20H20N2O2S/c1-2-10-23-16-6-3-14(4-7-16)18-13-25-20(22-18)15-5-8-19-17(12-15)21-9-11-24-19/h3-8,12-13,21H,2,9-11H2,1H3. The number of thiazole rings is 1. The molecule has 128 valence electrons. The van der Waals surface area contributed by atoms with Crippen molar-refractivity contribution in [3.05, 3.63) is 47.8 Å². The molecule has 0 aliphatic carbocycles. The van der Waals surface area contributed by atoms with Gasteiger partial charge in [0.25, 0.3) is 0 Å². The van der Waals surface area contributed by atoms with Crippen LogP contribution in [-0.4, -0.2) is 24.7 Å². The summed E-state index contributed by atoms with van der Waals surface area (Å²) in [4.78, 5) is 4.80. The SMILES string of the molecule is CCCOc1ccc(-c2csc(-c3ccc4c(c3)NCCO4)n2)cc1. The molecule has 0 spiro atoms. The van der Waals surface area contributed by atoms with E-state index >= 15 is 0 Å². The zero-order valence-electron chi connectivity index (χ0n) is 14.1. The molecule has 1 N–H and O–H groups in total. The van der Waals surface area contributed by atoms with E-state index in [2.05, 4.69) is 41.9 Å². The lowest BCUT2D eigenvalue weighted by Gasteiger charge is -2.19. The number of nitrogens with zero attached hydrogens (tertiary/aromatic N) is 1. The Morgan fingerprint density at radius 1 is 1.16 bits per heavy atom. The average Bonchev–Trinajstić information content (AvgIpc) is 3.16. The average molecular weight is 352 g/mol. The Bertz CT molecular complexity index is 858. The molecule has 0 amide bonds. The van der Waals surface area contributed by atoms with Gasteiger partial charge in [-0.25, -0.2) is 4.98 Å². The highest BCUT2D eigenvalue weighted by atomic mass is 32.1. The Hall–Kier alpha value is -2.53. The van der Waals surface area contributed by atoms with Gasteiger partial charge in [-0.2, -0.15) is 0 Å². The molecule has 1 aliphatic heterocycles. The molecule has 2 heterocycles. The summed E-state index contributed by atoms with van der Waals surface area (Å²) in [6, 6.07) is 14.3. The van der Waals surface area contributed by atoms with Crippen LogP contribution in [0.5, 0.6) is 11.5 Å². The van der Waals surface area contributed by atoms with Gasteiger partial charge in [-0.1, -0.05) is 6.92 Å². The quantitative estimate of drug-likeness (QED) is 0.696. The predicted octanol–water partition coefficient (Wildman–Crippen LogP) is 5.07. The lowest BCUT2D eigenvalue weighted by Crippen LogP contribution is -2.17. The molecule has 0 radical (unpaired) electrons. The van der Waals surface area contributed by atoms with Crippen molar-refractivity contribution in [1.29, 1.82) is 0 Å². The fraction of sp³-hybridized carbons (Fsp3) is 0.250. The van der Waals surface area contributed by atoms with Crippen LogP contribution in [0.2, 0.25) is 0 Å². The summed E-state index contributed by atoms with van der Waals surface area (Å²) in [6.07, 6.45) is 1.01. The van der Waals surface area contributed by atoms with E-state index < -0.39 is 0 Å². The number of ether oxygens (including phenoxy) is 2. The summed E-state index contributed by atoms with van der Waals surface area (Å²) in [6.45, 7) is 4.40. The molecular formula is C20H20N2O2S. The van der Waals surface area contributed by atoms with Crippen LogP contribution in [-0.2, 0) is 0 Å². The van der Waals surface area contributed by atoms with E-state index in [0.29, 0.717) is 6.61 Å². The second-order valence-electron chi connectivity index (χ2n) is 5.90. The van der Waals surface area contributed by atoms with Crippen molar-refractivity contribution >= 4 is 17.0 Å². The predicted molar refractivity (Wildman–Crippen MR) is 103 cm³/mol. The summed E-state index contributed by atoms with van der Waals surface area (Å²) in [5.74, 6) is 1.82. The maximum atomic E-state index is 5.64. The van der Waals surface area contributed by atoms with Gasteiger partial charge in [-0.15, -0.1) is 11.3 Å². The van der Waals surface area contributed by atoms with E-state index in [1.54, 1.807) is 11.3 Å². The van der Waals surface area contributed by atoms with E-state index in [-0.39, 0.29) is 0 Å². The van der Waals surface area contributed by atoms with Crippen molar-refractivity contribution in [2.75, 3.05) is 25.1 Å². The minimum atomic E-state index is 0.714. The lowest BCUT2D eigenvalue weighted by molar-refractivity contribution is 0.317. The molecule has 3 aromatic rings. The van der Waals surface area contributed by atoms with Crippen LogP contribution in [0.1, 0.15) is 13.3 Å². The number of hydrogen-bond donors (Lipinski definition) is 1. The Morgan fingerprint density at radius 3 is 2.84 bits per heavy atom. The molecular weight excluding hydrogens is 332 g/mol. The van der Waals surface area contributed by atoms with Gasteiger partial charge in [-0.3, -0.25) is 0 Å². The van der Waals surface area contributed by atoms with Crippen LogP contribution in [0.3, 0.4) is 0 Å². The Labute approximate surface area is 151 Å². The largest absolute Gasteiger partial charge is 0.494 e. The van der Waals surface area contributed by atoms with Crippen molar-refractivity contribution in [1.82, 2.24) is 4.98 Å². The highest BCUT2D eigenvalue weighted by molar-refractivity contribution is 7.13. The summed E-state index contributed by atoms with van der Waals surface area (Å²) < 4.78 is 11.3. The van der Waals surface area contributed by atoms with Gasteiger partial charge in [0, 0.05) is 23.1 Å². The minimum Gasteiger partial charge on any atom is -0.494 e. The molecule has 0 fully saturated rings. The monoisotopic (exact) mass is 352 g/mol. The molecule has 0 atom stereocenters. The highest BCUT2D eigenvalue weighted by Gasteiger charge is 2.13. The van der Waals surface area contributed by atoms with E-state index in [9.17, 15) is 0 Å². The smallest absolute Gasteiger partial charge is 0.142 e. The van der Waals surface area contributed by atoms with Crippen LogP contribution < -0.4 is 14.8 Å². The molecule has 0 saturated carbocycles. The van der Waals surface area contributed by atoms with Crippen LogP contribution in [0.15, 0.2) is 47.8 Å². The Balaban J connectivity index is 1.55. The van der Waals surface area contributed by atoms with Gasteiger partial charge in [-0.05, 0) is 48.9 Å². The summed E-state index contributed by atoms with van der Waals surface area (Å²) in [5, 5.41) is 6.48. The first-order chi connectivity index (χ1) is 12.3. The fourth-order valence-electron chi connectivity index (χ4n) is 2.75. The summed E-state index contributed by atoms with van der Waals surface area (Å²) >= 11 is 1.66. The second-order valence-corrected chi connectivity index (χ2v) is 6.76. The maximum absolute atomic E-state index is 5.64. The molecule has 1 aliphatic rings. The van der Waals surface area contributed by atoms with Gasteiger partial charge in [0.1, 0.15) is 23.1 Å². The fourth-order valence-corrected chi connectivity index (χ4v) is 3.58. The second kappa shape index (κ2) is 7.15. The van der Waals surface area contributed by atoms with Crippen molar-refractivity contribution in [3.63, 3.8) is 0 Å². The molecule has 5 heteroatoms. The third-order valence-corrected chi connectivity index (χ3v) is 4.92. The first-order valence-electron chi connectivity index (χ1n) is 8.53. The number of rotatable bonds is 5. The molecule has 25 heavy (non-hydrogen) atoms. The zero-order valence-corrected chi connectivity index (χ0v) is 14.9. The molecule has 4 rings (SSSR count). The van der Waals surface area contributed by atoms with Crippen LogP contribution in [0.4, 0.5) is 5.69 Å². The molecule has 0 unspecified atom stereocenters. The van der Waals surface area contributed by atoms with Gasteiger partial charge >= 0.3 is 0 Å². The van der Waals surface area contributed by atoms with Crippen LogP contribution in [0.25, 0.3) is 21.8 Å². The Kier molecular flexibility index (Phi) is 4.57. The van der Waals surface area contributed by atoms with E-state index in [1.165, 1.54) is 0 Å². The first-order valence-corrected chi connectivity index (χ1v) is 9.41. The van der Waals surface area contributed by atoms with E-state index in [1.807, 2.05) is 18.2 Å². The van der Waals surface area contributed by atoms with Crippen LogP contribution in [0, 0.1) is 0 Å². The van der Waals surface area contributed by atoms with Gasteiger partial charge in [0.05, 0.1) is 18.0 Å². The molecule has 2 aromatic carbocycles. The van der Waals surface area contributed by atoms with Gasteiger partial charge < -0.3 is 14.8 Å². The lowest BCUT2D eigenvalue weighted by atomic mass is 10.1. The third-order valence-electron chi connectivity index (χ3n) is 4.03. The zero-order chi connectivity index (χ0) is 17.1. The maximum Gasteiger partial charge on any atom is 0.142 e. The number of benzene rings is 2. The first kappa shape index (κ1) is 16.0. The van der Waals surface area contributed by atoms with Crippen molar-refractivity contribution in [2.45, 2.75) is 13.3 Å². The number of nitrogens with one attached hydrogen (secondary N) is 1. The molecule has 0 bridgehead atoms. The molecule has 0 saturated heterocycles. The topological polar surface area (TPSA) is 43.4 Å². The third kappa shape index (κ3) is 3.46. The van der Waals surface area contributed by atoms with Gasteiger partial charge in [0.2, 0.25) is 0 Å². The highest BCUT2D eigenvalue weighted by Crippen LogP contribution is 2.35. The van der Waals surface area contributed by atoms with Crippen LogP contribution >= 0.6 is 11.3 Å². The van der Waals surface area contributed by atoms with E-state index in [0.717, 1.165) is 58.6 Å². The summed E-state index contributed by atoms with van der Waals surface area (Å²) in [5.41, 5.74) is 4.24.